The molecule has 0 saturated heterocycles. The molecule has 106 valence electrons. The first-order valence-corrected chi connectivity index (χ1v) is 6.57. The zero-order valence-electron chi connectivity index (χ0n) is 11.8. The zero-order chi connectivity index (χ0) is 14.6. The monoisotopic (exact) mass is 274 g/mol. The maximum Gasteiger partial charge on any atom is 0.261 e. The summed E-state index contributed by atoms with van der Waals surface area (Å²) in [6, 6.07) is 9.40. The van der Waals surface area contributed by atoms with E-state index in [-0.39, 0.29) is 12.5 Å². The molecule has 5 heteroatoms. The standard InChI is InChI=1S/C15H18N2O3/c1-17(15(11-16)8-5-9-15)14(18)10-20-13-7-4-3-6-12(13)19-2/h3-4,6-7H,5,8-10H2,1-2H3. The van der Waals surface area contributed by atoms with Gasteiger partial charge >= 0.3 is 0 Å². The van der Waals surface area contributed by atoms with Crippen LogP contribution in [0.3, 0.4) is 0 Å². The highest BCUT2D eigenvalue weighted by Crippen LogP contribution is 2.36. The third-order valence-electron chi connectivity index (χ3n) is 3.83. The lowest BCUT2D eigenvalue weighted by Crippen LogP contribution is -2.54. The van der Waals surface area contributed by atoms with Gasteiger partial charge in [-0.1, -0.05) is 12.1 Å². The zero-order valence-corrected chi connectivity index (χ0v) is 11.8. The molecular formula is C15H18N2O3. The Hall–Kier alpha value is -2.22. The molecule has 0 heterocycles. The van der Waals surface area contributed by atoms with Gasteiger partial charge in [-0.05, 0) is 31.4 Å². The van der Waals surface area contributed by atoms with Gasteiger partial charge in [0.05, 0.1) is 13.2 Å². The molecule has 5 nitrogen and oxygen atoms in total. The Morgan fingerprint density at radius 2 is 2.05 bits per heavy atom. The van der Waals surface area contributed by atoms with Gasteiger partial charge in [-0.15, -0.1) is 0 Å². The molecule has 1 saturated carbocycles. The Labute approximate surface area is 118 Å². The van der Waals surface area contributed by atoms with Crippen molar-refractivity contribution in [2.45, 2.75) is 24.8 Å². The third kappa shape index (κ3) is 2.55. The molecule has 0 aliphatic heterocycles. The summed E-state index contributed by atoms with van der Waals surface area (Å²) in [4.78, 5) is 13.6. The van der Waals surface area contributed by atoms with Crippen LogP contribution in [0.1, 0.15) is 19.3 Å². The van der Waals surface area contributed by atoms with Gasteiger partial charge in [-0.25, -0.2) is 0 Å². The van der Waals surface area contributed by atoms with Gasteiger partial charge in [-0.2, -0.15) is 5.26 Å². The Morgan fingerprint density at radius 1 is 1.40 bits per heavy atom. The smallest absolute Gasteiger partial charge is 0.261 e. The van der Waals surface area contributed by atoms with Crippen molar-refractivity contribution in [3.05, 3.63) is 24.3 Å². The lowest BCUT2D eigenvalue weighted by atomic mass is 9.77. The predicted molar refractivity (Wildman–Crippen MR) is 73.5 cm³/mol. The van der Waals surface area contributed by atoms with Crippen LogP contribution >= 0.6 is 0 Å². The molecule has 0 radical (unpaired) electrons. The van der Waals surface area contributed by atoms with Crippen molar-refractivity contribution in [3.8, 4) is 17.6 Å². The topological polar surface area (TPSA) is 62.6 Å². The Bertz CT molecular complexity index is 532. The van der Waals surface area contributed by atoms with Crippen LogP contribution in [0, 0.1) is 11.3 Å². The van der Waals surface area contributed by atoms with Crippen molar-refractivity contribution in [3.63, 3.8) is 0 Å². The molecule has 1 fully saturated rings. The number of carbonyl (C=O) groups excluding carboxylic acids is 1. The maximum atomic E-state index is 12.1. The van der Waals surface area contributed by atoms with Crippen molar-refractivity contribution < 1.29 is 14.3 Å². The second-order valence-corrected chi connectivity index (χ2v) is 4.89. The molecule has 1 aromatic rings. The van der Waals surface area contributed by atoms with Gasteiger partial charge in [0.1, 0.15) is 5.54 Å². The van der Waals surface area contributed by atoms with Crippen LogP contribution in [-0.2, 0) is 4.79 Å². The Morgan fingerprint density at radius 3 is 2.55 bits per heavy atom. The summed E-state index contributed by atoms with van der Waals surface area (Å²) in [5.74, 6) is 0.912. The normalized spacial score (nSPS) is 15.7. The summed E-state index contributed by atoms with van der Waals surface area (Å²) < 4.78 is 10.7. The van der Waals surface area contributed by atoms with E-state index in [4.69, 9.17) is 9.47 Å². The Kier molecular flexibility index (Phi) is 4.14. The predicted octanol–water partition coefficient (Wildman–Crippen LogP) is 1.98. The van der Waals surface area contributed by atoms with Crippen molar-refractivity contribution >= 4 is 5.91 Å². The summed E-state index contributed by atoms with van der Waals surface area (Å²) in [6.07, 6.45) is 2.46. The number of ether oxygens (including phenoxy) is 2. The van der Waals surface area contributed by atoms with Crippen LogP contribution in [0.2, 0.25) is 0 Å². The number of methoxy groups -OCH3 is 1. The minimum Gasteiger partial charge on any atom is -0.493 e. The van der Waals surface area contributed by atoms with Gasteiger partial charge in [0.2, 0.25) is 0 Å². The molecule has 2 rings (SSSR count). The minimum atomic E-state index is -0.638. The summed E-state index contributed by atoms with van der Waals surface area (Å²) in [5.41, 5.74) is -0.638. The number of likely N-dealkylation sites (N-methyl/N-ethyl adjacent to an activating group) is 1. The van der Waals surface area contributed by atoms with Crippen LogP contribution in [0.25, 0.3) is 0 Å². The summed E-state index contributed by atoms with van der Waals surface area (Å²) in [7, 11) is 3.21. The van der Waals surface area contributed by atoms with E-state index in [9.17, 15) is 10.1 Å². The van der Waals surface area contributed by atoms with Crippen molar-refractivity contribution in [2.24, 2.45) is 0 Å². The SMILES string of the molecule is COc1ccccc1OCC(=O)N(C)C1(C#N)CCC1. The van der Waals surface area contributed by atoms with Crippen LogP contribution in [0.5, 0.6) is 11.5 Å². The highest BCUT2D eigenvalue weighted by atomic mass is 16.5. The third-order valence-corrected chi connectivity index (χ3v) is 3.83. The molecule has 1 aliphatic rings. The molecule has 0 unspecified atom stereocenters. The quantitative estimate of drug-likeness (QED) is 0.823. The molecule has 0 bridgehead atoms. The van der Waals surface area contributed by atoms with Gasteiger partial charge in [0.15, 0.2) is 18.1 Å². The van der Waals surface area contributed by atoms with E-state index >= 15 is 0 Å². The van der Waals surface area contributed by atoms with Crippen molar-refractivity contribution in [1.29, 1.82) is 5.26 Å². The van der Waals surface area contributed by atoms with Crippen LogP contribution in [0.15, 0.2) is 24.3 Å². The first-order chi connectivity index (χ1) is 9.63. The second kappa shape index (κ2) is 5.83. The lowest BCUT2D eigenvalue weighted by molar-refractivity contribution is -0.138. The number of carbonyl (C=O) groups is 1. The number of nitrogens with zero attached hydrogens (tertiary/aromatic N) is 2. The van der Waals surface area contributed by atoms with E-state index in [2.05, 4.69) is 6.07 Å². The van der Waals surface area contributed by atoms with Crippen LogP contribution in [0.4, 0.5) is 0 Å². The highest BCUT2D eigenvalue weighted by molar-refractivity contribution is 5.79. The average molecular weight is 274 g/mol. The fourth-order valence-electron chi connectivity index (χ4n) is 2.25. The van der Waals surface area contributed by atoms with Gasteiger partial charge < -0.3 is 14.4 Å². The van der Waals surface area contributed by atoms with Crippen LogP contribution < -0.4 is 9.47 Å². The van der Waals surface area contributed by atoms with E-state index in [1.54, 1.807) is 26.3 Å². The number of hydrogen-bond donors (Lipinski definition) is 0. The van der Waals surface area contributed by atoms with E-state index in [0.29, 0.717) is 11.5 Å². The molecular weight excluding hydrogens is 256 g/mol. The summed E-state index contributed by atoms with van der Waals surface area (Å²) >= 11 is 0. The number of rotatable bonds is 5. The maximum absolute atomic E-state index is 12.1. The minimum absolute atomic E-state index is 0.0969. The first-order valence-electron chi connectivity index (χ1n) is 6.57. The molecule has 1 aromatic carbocycles. The molecule has 0 atom stereocenters. The number of amides is 1. The van der Waals surface area contributed by atoms with Crippen molar-refractivity contribution in [1.82, 2.24) is 4.90 Å². The number of hydrogen-bond acceptors (Lipinski definition) is 4. The molecule has 0 spiro atoms. The fraction of sp³-hybridized carbons (Fsp3) is 0.467. The van der Waals surface area contributed by atoms with Crippen LogP contribution in [-0.4, -0.2) is 37.1 Å². The molecule has 1 aliphatic carbocycles. The summed E-state index contributed by atoms with van der Waals surface area (Å²) in [5, 5.41) is 9.22. The summed E-state index contributed by atoms with van der Waals surface area (Å²) in [6.45, 7) is -0.0969. The van der Waals surface area contributed by atoms with E-state index < -0.39 is 5.54 Å². The largest absolute Gasteiger partial charge is 0.493 e. The molecule has 0 N–H and O–H groups in total. The average Bonchev–Trinajstić information content (AvgIpc) is 2.44. The second-order valence-electron chi connectivity index (χ2n) is 4.89. The van der Waals surface area contributed by atoms with Gasteiger partial charge in [0, 0.05) is 7.05 Å². The van der Waals surface area contributed by atoms with E-state index in [1.807, 2.05) is 12.1 Å². The van der Waals surface area contributed by atoms with E-state index in [0.717, 1.165) is 19.3 Å². The first kappa shape index (κ1) is 14.2. The van der Waals surface area contributed by atoms with Gasteiger partial charge in [0.25, 0.3) is 5.91 Å². The van der Waals surface area contributed by atoms with Gasteiger partial charge in [-0.3, -0.25) is 4.79 Å². The lowest BCUT2D eigenvalue weighted by Gasteiger charge is -2.42. The number of benzene rings is 1. The Balaban J connectivity index is 1.97. The van der Waals surface area contributed by atoms with E-state index in [1.165, 1.54) is 4.90 Å². The molecule has 20 heavy (non-hydrogen) atoms. The molecule has 0 aromatic heterocycles. The molecule has 1 amide bonds. The number of para-hydroxylation sites is 2. The highest BCUT2D eigenvalue weighted by Gasteiger charge is 2.43. The fourth-order valence-corrected chi connectivity index (χ4v) is 2.25. The van der Waals surface area contributed by atoms with Crippen molar-refractivity contribution in [2.75, 3.05) is 20.8 Å². The number of nitriles is 1.